The van der Waals surface area contributed by atoms with Gasteiger partial charge in [-0.25, -0.2) is 4.98 Å². The highest BCUT2D eigenvalue weighted by molar-refractivity contribution is 8.00. The molecule has 0 saturated carbocycles. The molecule has 0 atom stereocenters. The average Bonchev–Trinajstić information content (AvgIpc) is 2.84. The van der Waals surface area contributed by atoms with Crippen LogP contribution in [0.5, 0.6) is 0 Å². The van der Waals surface area contributed by atoms with Crippen LogP contribution in [0.3, 0.4) is 0 Å². The lowest BCUT2D eigenvalue weighted by atomic mass is 9.94. The first-order valence-corrected chi connectivity index (χ1v) is 7.42. The van der Waals surface area contributed by atoms with E-state index < -0.39 is 0 Å². The summed E-state index contributed by atoms with van der Waals surface area (Å²) in [7, 11) is 1.90. The fraction of sp³-hybridized carbons (Fsp3) is 0.727. The Hall–Kier alpha value is -1.28. The Morgan fingerprint density at radius 1 is 1.58 bits per heavy atom. The van der Waals surface area contributed by atoms with Crippen LogP contribution in [-0.4, -0.2) is 54.8 Å². The van der Waals surface area contributed by atoms with Crippen LogP contribution in [0.15, 0.2) is 11.5 Å². The number of hydrogen-bond donors (Lipinski definition) is 2. The van der Waals surface area contributed by atoms with E-state index in [0.717, 1.165) is 38.3 Å². The van der Waals surface area contributed by atoms with Crippen LogP contribution >= 0.6 is 11.8 Å². The van der Waals surface area contributed by atoms with Crippen LogP contribution in [-0.2, 0) is 13.6 Å². The Kier molecular flexibility index (Phi) is 4.31. The van der Waals surface area contributed by atoms with Gasteiger partial charge in [-0.05, 0) is 19.1 Å². The monoisotopic (exact) mass is 284 g/mol. The number of likely N-dealkylation sites (tertiary alicyclic amines) is 1. The molecule has 19 heavy (non-hydrogen) atoms. The number of aromatic nitrogens is 3. The van der Waals surface area contributed by atoms with E-state index in [1.54, 1.807) is 22.8 Å². The molecule has 1 saturated heterocycles. The van der Waals surface area contributed by atoms with Gasteiger partial charge in [-0.3, -0.25) is 9.58 Å². The molecule has 7 nitrogen and oxygen atoms in total. The SMILES string of the molecule is CSC1(C(N)=NO)CCN(Cc2ncnn2C)CC1. The van der Waals surface area contributed by atoms with E-state index in [2.05, 4.69) is 20.1 Å². The van der Waals surface area contributed by atoms with Gasteiger partial charge in [0.15, 0.2) is 5.84 Å². The molecule has 2 rings (SSSR count). The van der Waals surface area contributed by atoms with Gasteiger partial charge in [0.05, 0.1) is 11.3 Å². The molecule has 0 radical (unpaired) electrons. The number of hydrogen-bond acceptors (Lipinski definition) is 6. The number of rotatable bonds is 4. The van der Waals surface area contributed by atoms with E-state index in [9.17, 15) is 0 Å². The third kappa shape index (κ3) is 2.84. The predicted octanol–water partition coefficient (Wildman–Crippen LogP) is 0.259. The first kappa shape index (κ1) is 14.1. The smallest absolute Gasteiger partial charge is 0.155 e. The minimum Gasteiger partial charge on any atom is -0.409 e. The Morgan fingerprint density at radius 3 is 2.74 bits per heavy atom. The van der Waals surface area contributed by atoms with Gasteiger partial charge in [-0.2, -0.15) is 16.9 Å². The minimum atomic E-state index is -0.231. The van der Waals surface area contributed by atoms with E-state index in [1.807, 2.05) is 13.3 Å². The molecular formula is C11H20N6OS. The standard InChI is InChI=1S/C11H20N6OS/c1-16-9(13-8-14-16)7-17-5-3-11(19-2,4-6-17)10(12)15-18/h8,18H,3-7H2,1-2H3,(H2,12,15). The van der Waals surface area contributed by atoms with Crippen LogP contribution in [0.25, 0.3) is 0 Å². The summed E-state index contributed by atoms with van der Waals surface area (Å²) in [4.78, 5) is 6.56. The Balaban J connectivity index is 1.97. The molecule has 1 aliphatic heterocycles. The second-order valence-corrected chi connectivity index (χ2v) is 5.95. The maximum atomic E-state index is 8.91. The molecular weight excluding hydrogens is 264 g/mol. The second-order valence-electron chi connectivity index (χ2n) is 4.76. The maximum Gasteiger partial charge on any atom is 0.155 e. The van der Waals surface area contributed by atoms with E-state index in [1.165, 1.54) is 0 Å². The average molecular weight is 284 g/mol. The number of aryl methyl sites for hydroxylation is 1. The van der Waals surface area contributed by atoms with Gasteiger partial charge in [0.2, 0.25) is 0 Å². The van der Waals surface area contributed by atoms with E-state index in [0.29, 0.717) is 5.84 Å². The van der Waals surface area contributed by atoms with Crippen LogP contribution < -0.4 is 5.73 Å². The molecule has 106 valence electrons. The van der Waals surface area contributed by atoms with Gasteiger partial charge >= 0.3 is 0 Å². The third-order valence-electron chi connectivity index (χ3n) is 3.80. The van der Waals surface area contributed by atoms with Crippen molar-refractivity contribution in [2.24, 2.45) is 17.9 Å². The summed E-state index contributed by atoms with van der Waals surface area (Å²) in [5.74, 6) is 1.29. The fourth-order valence-electron chi connectivity index (χ4n) is 2.39. The van der Waals surface area contributed by atoms with Gasteiger partial charge in [0.1, 0.15) is 12.2 Å². The van der Waals surface area contributed by atoms with Crippen LogP contribution in [0.4, 0.5) is 0 Å². The maximum absolute atomic E-state index is 8.91. The van der Waals surface area contributed by atoms with Crippen molar-refractivity contribution in [2.75, 3.05) is 19.3 Å². The lowest BCUT2D eigenvalue weighted by Gasteiger charge is -2.39. The van der Waals surface area contributed by atoms with Crippen LogP contribution in [0.1, 0.15) is 18.7 Å². The number of oxime groups is 1. The van der Waals surface area contributed by atoms with E-state index in [-0.39, 0.29) is 4.75 Å². The fourth-order valence-corrected chi connectivity index (χ4v) is 3.23. The zero-order valence-corrected chi connectivity index (χ0v) is 12.1. The van der Waals surface area contributed by atoms with Gasteiger partial charge in [0.25, 0.3) is 0 Å². The Morgan fingerprint density at radius 2 is 2.26 bits per heavy atom. The zero-order chi connectivity index (χ0) is 13.9. The number of piperidine rings is 1. The predicted molar refractivity (Wildman–Crippen MR) is 75.2 cm³/mol. The summed E-state index contributed by atoms with van der Waals surface area (Å²) in [6, 6.07) is 0. The molecule has 0 amide bonds. The van der Waals surface area contributed by atoms with Crippen molar-refractivity contribution >= 4 is 17.6 Å². The summed E-state index contributed by atoms with van der Waals surface area (Å²) in [5.41, 5.74) is 5.83. The molecule has 1 aliphatic rings. The highest BCUT2D eigenvalue weighted by Crippen LogP contribution is 2.35. The minimum absolute atomic E-state index is 0.231. The zero-order valence-electron chi connectivity index (χ0n) is 11.3. The highest BCUT2D eigenvalue weighted by atomic mass is 32.2. The number of amidine groups is 1. The lowest BCUT2D eigenvalue weighted by Crippen LogP contribution is -2.50. The van der Waals surface area contributed by atoms with Crippen molar-refractivity contribution in [2.45, 2.75) is 24.1 Å². The second kappa shape index (κ2) is 5.79. The van der Waals surface area contributed by atoms with Gasteiger partial charge in [0, 0.05) is 20.1 Å². The summed E-state index contributed by atoms with van der Waals surface area (Å²) in [5, 5.41) is 16.2. The topological polar surface area (TPSA) is 92.6 Å². The summed E-state index contributed by atoms with van der Waals surface area (Å²) >= 11 is 1.66. The van der Waals surface area contributed by atoms with Crippen molar-refractivity contribution < 1.29 is 5.21 Å². The number of nitrogens with zero attached hydrogens (tertiary/aromatic N) is 5. The van der Waals surface area contributed by atoms with Crippen molar-refractivity contribution in [3.05, 3.63) is 12.2 Å². The lowest BCUT2D eigenvalue weighted by molar-refractivity contribution is 0.202. The normalized spacial score (nSPS) is 20.6. The number of nitrogens with two attached hydrogens (primary N) is 1. The van der Waals surface area contributed by atoms with Crippen molar-refractivity contribution in [3.63, 3.8) is 0 Å². The van der Waals surface area contributed by atoms with Crippen molar-refractivity contribution in [1.82, 2.24) is 19.7 Å². The molecule has 1 aromatic rings. The molecule has 0 unspecified atom stereocenters. The van der Waals surface area contributed by atoms with Crippen molar-refractivity contribution in [3.8, 4) is 0 Å². The molecule has 2 heterocycles. The Labute approximate surface area is 116 Å². The highest BCUT2D eigenvalue weighted by Gasteiger charge is 2.38. The van der Waals surface area contributed by atoms with Crippen LogP contribution in [0, 0.1) is 0 Å². The van der Waals surface area contributed by atoms with Gasteiger partial charge in [-0.1, -0.05) is 5.16 Å². The third-order valence-corrected chi connectivity index (χ3v) is 5.20. The van der Waals surface area contributed by atoms with E-state index >= 15 is 0 Å². The molecule has 0 aliphatic carbocycles. The molecule has 0 spiro atoms. The van der Waals surface area contributed by atoms with Crippen LogP contribution in [0.2, 0.25) is 0 Å². The van der Waals surface area contributed by atoms with E-state index in [4.69, 9.17) is 10.9 Å². The first-order valence-electron chi connectivity index (χ1n) is 6.19. The molecule has 0 bridgehead atoms. The molecule has 1 fully saturated rings. The summed E-state index contributed by atoms with van der Waals surface area (Å²) < 4.78 is 1.56. The van der Waals surface area contributed by atoms with Crippen molar-refractivity contribution in [1.29, 1.82) is 0 Å². The first-order chi connectivity index (χ1) is 9.11. The molecule has 8 heteroatoms. The van der Waals surface area contributed by atoms with Gasteiger partial charge < -0.3 is 10.9 Å². The largest absolute Gasteiger partial charge is 0.409 e. The summed E-state index contributed by atoms with van der Waals surface area (Å²) in [6.45, 7) is 2.60. The molecule has 0 aromatic carbocycles. The number of thioether (sulfide) groups is 1. The molecule has 3 N–H and O–H groups in total. The summed E-state index contributed by atoms with van der Waals surface area (Å²) in [6.07, 6.45) is 5.34. The van der Waals surface area contributed by atoms with Gasteiger partial charge in [-0.15, -0.1) is 0 Å². The Bertz CT molecular complexity index is 452. The quantitative estimate of drug-likeness (QED) is 0.356. The molecule has 1 aromatic heterocycles.